The van der Waals surface area contributed by atoms with Crippen molar-refractivity contribution in [3.8, 4) is 67.9 Å². The molecule has 0 atom stereocenters. The fourth-order valence-electron chi connectivity index (χ4n) is 11.5. The molecule has 1 radical (unpaired) electrons. The first-order chi connectivity index (χ1) is 62.4. The number of hydrogen-bond donors (Lipinski definition) is 2. The molecule has 0 fully saturated rings. The van der Waals surface area contributed by atoms with Gasteiger partial charge in [0.2, 0.25) is 11.4 Å². The first-order valence-corrected chi connectivity index (χ1v) is 35.2. The number of alkyl halides is 3. The van der Waals surface area contributed by atoms with Crippen LogP contribution in [0.2, 0.25) is 0 Å². The maximum Gasteiger partial charge on any atom is 3.00 e. The van der Waals surface area contributed by atoms with Gasteiger partial charge in [0, 0.05) is 106 Å². The van der Waals surface area contributed by atoms with Gasteiger partial charge in [-0.2, -0.15) is 21.6 Å². The maximum absolute atomic E-state index is 10.7. The summed E-state index contributed by atoms with van der Waals surface area (Å²) in [6, 6.07) is 94.7. The molecule has 16 nitrogen and oxygen atoms in total. The van der Waals surface area contributed by atoms with Gasteiger partial charge < -0.3 is 38.6 Å². The van der Waals surface area contributed by atoms with Crippen molar-refractivity contribution in [1.29, 1.82) is 0 Å². The number of fused-ring (bicyclic) bond motifs is 8. The minimum Gasteiger partial charge on any atom is -0.486 e. The number of pyridine rings is 5. The van der Waals surface area contributed by atoms with Crippen LogP contribution in [0.15, 0.2) is 306 Å². The van der Waals surface area contributed by atoms with Crippen molar-refractivity contribution in [2.75, 3.05) is 14.2 Å². The minimum atomic E-state index is -5.84. The maximum atomic E-state index is 10.7. The Balaban J connectivity index is 0.000000201. The van der Waals surface area contributed by atoms with E-state index in [9.17, 15) is 13.2 Å². The van der Waals surface area contributed by atoms with E-state index in [1.54, 1.807) is 143 Å². The monoisotopic (exact) mass is 1920 g/mol. The van der Waals surface area contributed by atoms with Crippen LogP contribution in [0, 0.1) is 38.0 Å². The number of aryl methyl sites for hydroxylation is 2. The number of imidazole rings is 2. The van der Waals surface area contributed by atoms with Crippen molar-refractivity contribution < 1.29 is 117 Å². The van der Waals surface area contributed by atoms with E-state index >= 15 is 0 Å². The van der Waals surface area contributed by atoms with E-state index in [-0.39, 0.29) is 91.4 Å². The second-order valence-electron chi connectivity index (χ2n) is 23.3. The summed E-state index contributed by atoms with van der Waals surface area (Å²) in [4.78, 5) is 30.7. The van der Waals surface area contributed by atoms with E-state index in [1.165, 1.54) is 43.5 Å². The molecule has 9 aromatic heterocycles. The van der Waals surface area contributed by atoms with Crippen molar-refractivity contribution in [3.05, 3.63) is 344 Å². The van der Waals surface area contributed by atoms with Crippen LogP contribution in [0.25, 0.3) is 134 Å². The van der Waals surface area contributed by atoms with Gasteiger partial charge in [0.15, 0.2) is 0 Å². The molecule has 0 bridgehead atoms. The Morgan fingerprint density at radius 3 is 1.51 bits per heavy atom. The largest absolute Gasteiger partial charge is 3.00 e. The Morgan fingerprint density at radius 2 is 0.991 bits per heavy atom. The summed E-state index contributed by atoms with van der Waals surface area (Å²) in [5, 5.41) is 15.2. The fraction of sp³-hybridized carbons (Fsp3) is 0.120. The third-order valence-corrected chi connectivity index (χ3v) is 16.9. The quantitative estimate of drug-likeness (QED) is 0.0452. The van der Waals surface area contributed by atoms with Gasteiger partial charge in [-0.1, -0.05) is 148 Å². The average Bonchev–Trinajstić information content (AvgIpc) is 1.54. The zero-order valence-corrected chi connectivity index (χ0v) is 65.7. The molecule has 0 spiro atoms. The van der Waals surface area contributed by atoms with E-state index in [0.29, 0.717) is 71.7 Å². The smallest absolute Gasteiger partial charge is 0.486 e. The summed E-state index contributed by atoms with van der Waals surface area (Å²) in [6.07, 6.45) is 5.36. The third-order valence-electron chi connectivity index (χ3n) is 16.3. The molecule has 114 heavy (non-hydrogen) atoms. The number of benzene rings is 9. The molecule has 9 aromatic carbocycles. The van der Waals surface area contributed by atoms with Crippen molar-refractivity contribution in [2.45, 2.75) is 58.4 Å². The molecule has 18 rings (SSSR count). The predicted molar refractivity (Wildman–Crippen MR) is 438 cm³/mol. The molecule has 579 valence electrons. The molecule has 0 aliphatic heterocycles. The second-order valence-corrected chi connectivity index (χ2v) is 24.7. The number of aromatic nitrogens is 9. The topological polar surface area (TPSA) is 224 Å². The first-order valence-electron chi connectivity index (χ1n) is 43.8. The van der Waals surface area contributed by atoms with Gasteiger partial charge in [-0.3, -0.25) is 14.1 Å². The van der Waals surface area contributed by atoms with Crippen LogP contribution in [0.3, 0.4) is 0 Å². The molecule has 0 aliphatic carbocycles. The normalized spacial score (nSPS) is 14.2. The first kappa shape index (κ1) is 61.7. The molecule has 18 aromatic rings. The van der Waals surface area contributed by atoms with Crippen molar-refractivity contribution in [1.82, 2.24) is 39.5 Å². The number of para-hydroxylation sites is 7. The van der Waals surface area contributed by atoms with Crippen LogP contribution in [0.5, 0.6) is 0 Å². The van der Waals surface area contributed by atoms with E-state index in [2.05, 4.69) is 49.2 Å². The van der Waals surface area contributed by atoms with E-state index < -0.39 is 68.5 Å². The summed E-state index contributed by atoms with van der Waals surface area (Å²) in [6.45, 7) is -17.7. The van der Waals surface area contributed by atoms with E-state index in [4.69, 9.17) is 69.4 Å². The van der Waals surface area contributed by atoms with Crippen LogP contribution in [-0.2, 0) is 50.3 Å². The zero-order valence-electron chi connectivity index (χ0n) is 80.1. The zero-order chi connectivity index (χ0) is 96.2. The molecule has 0 saturated heterocycles. The summed E-state index contributed by atoms with van der Waals surface area (Å²) in [5.74, 6) is -5.37. The number of furan rings is 2. The molecule has 22 heteroatoms. The molecule has 0 aliphatic rings. The van der Waals surface area contributed by atoms with Crippen LogP contribution in [0.4, 0.5) is 13.2 Å². The molecule has 0 amide bonds. The van der Waals surface area contributed by atoms with Crippen molar-refractivity contribution >= 4 is 76.3 Å². The van der Waals surface area contributed by atoms with Gasteiger partial charge in [-0.15, -0.1) is 126 Å². The van der Waals surface area contributed by atoms with E-state index in [0.717, 1.165) is 40.9 Å². The van der Waals surface area contributed by atoms with Gasteiger partial charge in [0.25, 0.3) is 0 Å². The SMILES string of the molecule is CO.C[OH2+].O=S(=O)(O)C(F)(F)F.[2H]C([2H])([2H])c1ccc2c(n1)oc1c(-c3[n-]c4ccccc4[n+]3-c3ccccc3C([2H])(C([2H])([2H])[2H])C([2H])([2H])[2H])[c-]ccc12.[2H]C([2H])([2H])c1ccc2c(n1)oc1c(-c3nc4ccccc4n3-c3ccccc3C([2H])(C([2H])([2H])[2H])C([2H])([2H])[2H])cccc12.[Ir+3].[Ir].[c-]1ccccc1-c1ccccn1.[c-]1ccccc1-c1ccccn1.[c-]1ccccc1-c1ccccn1. The van der Waals surface area contributed by atoms with Crippen LogP contribution >= 0.6 is 0 Å². The minimum absolute atomic E-state index is 0. The number of hydrogen-bond acceptors (Lipinski definition) is 11. The van der Waals surface area contributed by atoms with Crippen molar-refractivity contribution in [3.63, 3.8) is 0 Å². The fourth-order valence-corrected chi connectivity index (χ4v) is 11.5. The van der Waals surface area contributed by atoms with Gasteiger partial charge >= 0.3 is 35.7 Å². The van der Waals surface area contributed by atoms with Crippen LogP contribution < -0.4 is 9.55 Å². The second kappa shape index (κ2) is 40.6. The Morgan fingerprint density at radius 1 is 0.518 bits per heavy atom. The third kappa shape index (κ3) is 20.5. The Hall–Kier alpha value is -11.8. The summed E-state index contributed by atoms with van der Waals surface area (Å²) < 4.78 is 235. The molecule has 9 heterocycles. The van der Waals surface area contributed by atoms with Gasteiger partial charge in [-0.05, 0) is 139 Å². The molecular weight excluding hydrogens is 1820 g/mol. The predicted octanol–water partition coefficient (Wildman–Crippen LogP) is 20.7. The number of rotatable bonds is 9. The standard InChI is InChI=1S/C28H23N3O.C28H22N3O.3C11H8N.CHF3O3S.2CH4O.2Ir/c2*1-17(2)19-9-4-6-13-24(19)31-25-14-7-5-12-23(25)30-27(31)22-11-8-10-20-21-16-15-18(3)29-28(21)32-26(20)22;3*1-2-6-10(7-3-1)11-8-4-5-9-12-11;2-1(3,4)8(5,6)7;2*1-2;;/h4-17H,1-3H3;4-10,12-17H,1-3H3;3*1-6,8-9H;(H,5,6,7);2*2H,1H3;;/q;4*-1;;;;;+3/p+1/i2*1D3,2D3,3D3,17D;;;;;;;;. The number of halogens is 3. The summed E-state index contributed by atoms with van der Waals surface area (Å²) >= 11 is 0. The Labute approximate surface area is 714 Å². The van der Waals surface area contributed by atoms with E-state index in [1.807, 2.05) is 127 Å². The molecule has 4 N–H and O–H groups in total. The number of nitrogens with zero attached hydrogens (tertiary/aromatic N) is 9. The average molecular weight is 1920 g/mol. The van der Waals surface area contributed by atoms with Gasteiger partial charge in [0.1, 0.15) is 18.5 Å². The van der Waals surface area contributed by atoms with Gasteiger partial charge in [-0.25, -0.2) is 15.0 Å². The van der Waals surface area contributed by atoms with Gasteiger partial charge in [0.05, 0.1) is 44.7 Å². The van der Waals surface area contributed by atoms with Crippen LogP contribution in [0.1, 0.15) is 89.1 Å². The number of aliphatic hydroxyl groups is 1. The number of aliphatic hydroxyl groups excluding tert-OH is 1. The summed E-state index contributed by atoms with van der Waals surface area (Å²) in [7, 11) is -3.59. The Bertz CT molecular complexity index is 6470. The Kier molecular flexibility index (Phi) is 22.0. The van der Waals surface area contributed by atoms with Crippen LogP contribution in [-0.4, -0.2) is 77.4 Å². The van der Waals surface area contributed by atoms with Crippen molar-refractivity contribution in [2.24, 2.45) is 0 Å². The summed E-state index contributed by atoms with van der Waals surface area (Å²) in [5.41, 5.74) is 4.00. The molecular formula is C92H79F3Ir2N9O7S. The molecule has 0 saturated carbocycles. The molecule has 0 unspecified atom stereocenters.